The fraction of sp³-hybridized carbons (Fsp3) is 0.273. The van der Waals surface area contributed by atoms with Crippen LogP contribution in [0.25, 0.3) is 11.5 Å². The molecule has 1 aromatic heterocycles. The number of aryl methyl sites for hydroxylation is 1. The lowest BCUT2D eigenvalue weighted by molar-refractivity contribution is 0.421. The van der Waals surface area contributed by atoms with Crippen molar-refractivity contribution in [2.45, 2.75) is 12.8 Å². The topological polar surface area (TPSA) is 64.9 Å². The zero-order chi connectivity index (χ0) is 12.3. The van der Waals surface area contributed by atoms with E-state index in [9.17, 15) is 4.39 Å². The van der Waals surface area contributed by atoms with Crippen LogP contribution in [0.5, 0.6) is 0 Å². The van der Waals surface area contributed by atoms with Crippen LogP contribution >= 0.6 is 15.9 Å². The Labute approximate surface area is 106 Å². The van der Waals surface area contributed by atoms with Crippen LogP contribution in [-0.2, 0) is 6.42 Å². The lowest BCUT2D eigenvalue weighted by Crippen LogP contribution is -2.01. The van der Waals surface area contributed by atoms with Gasteiger partial charge >= 0.3 is 0 Å². The number of benzene rings is 1. The van der Waals surface area contributed by atoms with Gasteiger partial charge in [-0.1, -0.05) is 5.16 Å². The summed E-state index contributed by atoms with van der Waals surface area (Å²) in [6.07, 6.45) is 1.49. The summed E-state index contributed by atoms with van der Waals surface area (Å²) in [5.74, 6) is 0.675. The van der Waals surface area contributed by atoms with E-state index in [0.29, 0.717) is 34.7 Å². The molecule has 0 saturated carbocycles. The SMILES string of the molecule is NCCCc1noc(-c2ccc(F)cc2Br)n1. The molecule has 17 heavy (non-hydrogen) atoms. The third-order valence-electron chi connectivity index (χ3n) is 2.23. The molecule has 0 radical (unpaired) electrons. The van der Waals surface area contributed by atoms with Gasteiger partial charge in [-0.05, 0) is 47.1 Å². The highest BCUT2D eigenvalue weighted by Crippen LogP contribution is 2.27. The fourth-order valence-corrected chi connectivity index (χ4v) is 1.91. The lowest BCUT2D eigenvalue weighted by Gasteiger charge is -1.97. The van der Waals surface area contributed by atoms with Crippen molar-refractivity contribution < 1.29 is 8.91 Å². The van der Waals surface area contributed by atoms with Gasteiger partial charge in [-0.3, -0.25) is 0 Å². The van der Waals surface area contributed by atoms with Crippen LogP contribution in [0, 0.1) is 5.82 Å². The monoisotopic (exact) mass is 299 g/mol. The number of hydrogen-bond donors (Lipinski definition) is 1. The van der Waals surface area contributed by atoms with Crippen molar-refractivity contribution in [3.8, 4) is 11.5 Å². The maximum absolute atomic E-state index is 12.9. The molecule has 2 aromatic rings. The molecule has 2 rings (SSSR count). The van der Waals surface area contributed by atoms with Crippen LogP contribution < -0.4 is 5.73 Å². The first-order valence-corrected chi connectivity index (χ1v) is 5.98. The first kappa shape index (κ1) is 12.2. The molecule has 0 aliphatic carbocycles. The summed E-state index contributed by atoms with van der Waals surface area (Å²) in [5, 5.41) is 3.84. The van der Waals surface area contributed by atoms with Gasteiger partial charge in [0.05, 0.1) is 5.56 Å². The molecule has 6 heteroatoms. The van der Waals surface area contributed by atoms with Crippen LogP contribution in [-0.4, -0.2) is 16.7 Å². The van der Waals surface area contributed by atoms with Crippen molar-refractivity contribution in [2.24, 2.45) is 5.73 Å². The molecular formula is C11H11BrFN3O. The second kappa shape index (κ2) is 5.37. The van der Waals surface area contributed by atoms with E-state index in [1.165, 1.54) is 12.1 Å². The maximum atomic E-state index is 12.9. The van der Waals surface area contributed by atoms with E-state index in [2.05, 4.69) is 26.1 Å². The summed E-state index contributed by atoms with van der Waals surface area (Å²) in [4.78, 5) is 4.22. The average Bonchev–Trinajstić information content (AvgIpc) is 2.75. The third kappa shape index (κ3) is 2.89. The second-order valence-electron chi connectivity index (χ2n) is 3.53. The van der Waals surface area contributed by atoms with E-state index in [1.807, 2.05) is 0 Å². The summed E-state index contributed by atoms with van der Waals surface area (Å²) >= 11 is 3.26. The standard InChI is InChI=1S/C11H11BrFN3O/c12-9-6-7(13)3-4-8(9)11-15-10(16-17-11)2-1-5-14/h3-4,6H,1-2,5,14H2. The van der Waals surface area contributed by atoms with Crippen molar-refractivity contribution in [2.75, 3.05) is 6.54 Å². The smallest absolute Gasteiger partial charge is 0.259 e. The van der Waals surface area contributed by atoms with E-state index in [0.717, 1.165) is 6.42 Å². The minimum atomic E-state index is -0.316. The van der Waals surface area contributed by atoms with Gasteiger partial charge in [0.1, 0.15) is 5.82 Å². The molecule has 1 heterocycles. The van der Waals surface area contributed by atoms with Crippen LogP contribution in [0.3, 0.4) is 0 Å². The molecule has 0 atom stereocenters. The highest BCUT2D eigenvalue weighted by Gasteiger charge is 2.12. The summed E-state index contributed by atoms with van der Waals surface area (Å²) in [6.45, 7) is 0.587. The Morgan fingerprint density at radius 2 is 2.24 bits per heavy atom. The van der Waals surface area contributed by atoms with E-state index in [4.69, 9.17) is 10.3 Å². The van der Waals surface area contributed by atoms with Gasteiger partial charge in [0.25, 0.3) is 5.89 Å². The van der Waals surface area contributed by atoms with Crippen molar-refractivity contribution in [3.63, 3.8) is 0 Å². The van der Waals surface area contributed by atoms with Gasteiger partial charge in [0, 0.05) is 10.9 Å². The Balaban J connectivity index is 2.24. The van der Waals surface area contributed by atoms with Gasteiger partial charge in [0.15, 0.2) is 5.82 Å². The number of hydrogen-bond acceptors (Lipinski definition) is 4. The average molecular weight is 300 g/mol. The Hall–Kier alpha value is -1.27. The summed E-state index contributed by atoms with van der Waals surface area (Å²) in [7, 11) is 0. The molecule has 90 valence electrons. The number of nitrogens with zero attached hydrogens (tertiary/aromatic N) is 2. The predicted molar refractivity (Wildman–Crippen MR) is 64.8 cm³/mol. The molecule has 0 unspecified atom stereocenters. The van der Waals surface area contributed by atoms with Gasteiger partial charge in [-0.2, -0.15) is 4.98 Å². The Morgan fingerprint density at radius 1 is 1.41 bits per heavy atom. The van der Waals surface area contributed by atoms with Crippen LogP contribution in [0.15, 0.2) is 27.2 Å². The summed E-state index contributed by atoms with van der Waals surface area (Å²) < 4.78 is 18.6. The highest BCUT2D eigenvalue weighted by molar-refractivity contribution is 9.10. The fourth-order valence-electron chi connectivity index (χ4n) is 1.39. The molecule has 0 fully saturated rings. The molecule has 0 saturated heterocycles. The zero-order valence-corrected chi connectivity index (χ0v) is 10.6. The molecule has 0 amide bonds. The maximum Gasteiger partial charge on any atom is 0.259 e. The molecular weight excluding hydrogens is 289 g/mol. The normalized spacial score (nSPS) is 10.8. The van der Waals surface area contributed by atoms with Crippen molar-refractivity contribution >= 4 is 15.9 Å². The van der Waals surface area contributed by atoms with Gasteiger partial charge in [0.2, 0.25) is 0 Å². The van der Waals surface area contributed by atoms with E-state index < -0.39 is 0 Å². The first-order chi connectivity index (χ1) is 8.20. The summed E-state index contributed by atoms with van der Waals surface area (Å²) in [6, 6.07) is 4.31. The second-order valence-corrected chi connectivity index (χ2v) is 4.39. The van der Waals surface area contributed by atoms with Crippen molar-refractivity contribution in [1.29, 1.82) is 0 Å². The number of rotatable bonds is 4. The van der Waals surface area contributed by atoms with Crippen molar-refractivity contribution in [3.05, 3.63) is 34.3 Å². The largest absolute Gasteiger partial charge is 0.334 e. The minimum absolute atomic E-state index is 0.316. The van der Waals surface area contributed by atoms with Crippen LogP contribution in [0.4, 0.5) is 4.39 Å². The van der Waals surface area contributed by atoms with Crippen molar-refractivity contribution in [1.82, 2.24) is 10.1 Å². The van der Waals surface area contributed by atoms with Gasteiger partial charge < -0.3 is 10.3 Å². The predicted octanol–water partition coefficient (Wildman–Crippen LogP) is 2.53. The Kier molecular flexibility index (Phi) is 3.86. The van der Waals surface area contributed by atoms with E-state index >= 15 is 0 Å². The first-order valence-electron chi connectivity index (χ1n) is 5.19. The van der Waals surface area contributed by atoms with Gasteiger partial charge in [-0.25, -0.2) is 4.39 Å². The zero-order valence-electron chi connectivity index (χ0n) is 8.99. The number of aromatic nitrogens is 2. The number of nitrogens with two attached hydrogens (primary N) is 1. The quantitative estimate of drug-likeness (QED) is 0.942. The van der Waals surface area contributed by atoms with E-state index in [-0.39, 0.29) is 5.82 Å². The highest BCUT2D eigenvalue weighted by atomic mass is 79.9. The van der Waals surface area contributed by atoms with Gasteiger partial charge in [-0.15, -0.1) is 0 Å². The molecule has 0 aliphatic heterocycles. The molecule has 1 aromatic carbocycles. The third-order valence-corrected chi connectivity index (χ3v) is 2.89. The Bertz CT molecular complexity index is 515. The molecule has 2 N–H and O–H groups in total. The lowest BCUT2D eigenvalue weighted by atomic mass is 10.2. The minimum Gasteiger partial charge on any atom is -0.334 e. The molecule has 0 aliphatic rings. The molecule has 4 nitrogen and oxygen atoms in total. The Morgan fingerprint density at radius 3 is 2.94 bits per heavy atom. The molecule has 0 bridgehead atoms. The molecule has 0 spiro atoms. The van der Waals surface area contributed by atoms with E-state index in [1.54, 1.807) is 6.07 Å². The van der Waals surface area contributed by atoms with Crippen LogP contribution in [0.2, 0.25) is 0 Å². The summed E-state index contributed by atoms with van der Waals surface area (Å²) in [5.41, 5.74) is 6.08. The number of halogens is 2. The van der Waals surface area contributed by atoms with Crippen LogP contribution in [0.1, 0.15) is 12.2 Å².